The molecule has 1 heterocycles. The van der Waals surface area contributed by atoms with Crippen LogP contribution in [0.4, 0.5) is 0 Å². The zero-order chi connectivity index (χ0) is 17.0. The van der Waals surface area contributed by atoms with E-state index in [0.717, 1.165) is 11.3 Å². The number of pyridine rings is 1. The van der Waals surface area contributed by atoms with Crippen LogP contribution in [-0.2, 0) is 6.54 Å². The first kappa shape index (κ1) is 17.1. The average Bonchev–Trinajstić information content (AvgIpc) is 2.45. The number of ether oxygens (including phenoxy) is 1. The minimum Gasteiger partial charge on any atom is -0.489 e. The molecule has 2 rings (SSSR count). The molecule has 2 aromatic rings. The van der Waals surface area contributed by atoms with Crippen LogP contribution in [-0.4, -0.2) is 17.0 Å². The lowest BCUT2D eigenvalue weighted by atomic mass is 10.2. The Labute approximate surface area is 139 Å². The van der Waals surface area contributed by atoms with Gasteiger partial charge in [-0.1, -0.05) is 17.7 Å². The van der Waals surface area contributed by atoms with E-state index in [1.807, 2.05) is 19.9 Å². The molecule has 0 aliphatic heterocycles. The van der Waals surface area contributed by atoms with Gasteiger partial charge in [0.2, 0.25) is 5.56 Å². The molecule has 1 amide bonds. The molecule has 0 aliphatic carbocycles. The Bertz CT molecular complexity index is 769. The molecule has 6 heteroatoms. The summed E-state index contributed by atoms with van der Waals surface area (Å²) in [4.78, 5) is 26.4. The van der Waals surface area contributed by atoms with Gasteiger partial charge in [-0.05, 0) is 44.5 Å². The van der Waals surface area contributed by atoms with E-state index in [4.69, 9.17) is 16.3 Å². The summed E-state index contributed by atoms with van der Waals surface area (Å²) in [7, 11) is 0. The molecule has 0 fully saturated rings. The van der Waals surface area contributed by atoms with Gasteiger partial charge < -0.3 is 15.0 Å². The van der Waals surface area contributed by atoms with Crippen molar-refractivity contribution in [2.75, 3.05) is 0 Å². The largest absolute Gasteiger partial charge is 0.489 e. The zero-order valence-electron chi connectivity index (χ0n) is 13.3. The smallest absolute Gasteiger partial charge is 0.253 e. The first-order valence-electron chi connectivity index (χ1n) is 7.30. The van der Waals surface area contributed by atoms with Crippen LogP contribution in [0.3, 0.4) is 0 Å². The summed E-state index contributed by atoms with van der Waals surface area (Å²) in [6.45, 7) is 5.81. The maximum Gasteiger partial charge on any atom is 0.253 e. The molecule has 1 aromatic carbocycles. The summed E-state index contributed by atoms with van der Waals surface area (Å²) in [6, 6.07) is 8.33. The SMILES string of the molecule is Cc1cc(CNC(=O)c2cccc(OC(C)C)c2Cl)cc(=O)[nH]1. The number of carbonyl (C=O) groups excluding carboxylic acids is 1. The van der Waals surface area contributed by atoms with Crippen molar-refractivity contribution < 1.29 is 9.53 Å². The predicted octanol–water partition coefficient (Wildman–Crippen LogP) is 3.05. The second-order valence-corrected chi connectivity index (χ2v) is 5.88. The van der Waals surface area contributed by atoms with Crippen molar-refractivity contribution in [3.05, 3.63) is 62.5 Å². The fraction of sp³-hybridized carbons (Fsp3) is 0.294. The minimum absolute atomic E-state index is 0.0372. The highest BCUT2D eigenvalue weighted by molar-refractivity contribution is 6.35. The molecule has 2 N–H and O–H groups in total. The van der Waals surface area contributed by atoms with Crippen molar-refractivity contribution in [1.82, 2.24) is 10.3 Å². The Morgan fingerprint density at radius 1 is 1.35 bits per heavy atom. The van der Waals surface area contributed by atoms with E-state index < -0.39 is 0 Å². The lowest BCUT2D eigenvalue weighted by Crippen LogP contribution is -2.24. The van der Waals surface area contributed by atoms with Crippen LogP contribution in [0.25, 0.3) is 0 Å². The highest BCUT2D eigenvalue weighted by Gasteiger charge is 2.15. The van der Waals surface area contributed by atoms with Gasteiger partial charge in [-0.3, -0.25) is 9.59 Å². The fourth-order valence-corrected chi connectivity index (χ4v) is 2.42. The number of benzene rings is 1. The van der Waals surface area contributed by atoms with E-state index in [2.05, 4.69) is 10.3 Å². The van der Waals surface area contributed by atoms with E-state index in [-0.39, 0.29) is 29.1 Å². The number of H-pyrrole nitrogens is 1. The van der Waals surface area contributed by atoms with Gasteiger partial charge in [-0.2, -0.15) is 0 Å². The van der Waals surface area contributed by atoms with Crippen LogP contribution in [0.5, 0.6) is 5.75 Å². The number of carbonyl (C=O) groups is 1. The molecule has 5 nitrogen and oxygen atoms in total. The number of aryl methyl sites for hydroxylation is 1. The van der Waals surface area contributed by atoms with E-state index >= 15 is 0 Å². The molecular formula is C17H19ClN2O3. The Morgan fingerprint density at radius 3 is 2.74 bits per heavy atom. The van der Waals surface area contributed by atoms with Crippen molar-refractivity contribution in [2.45, 2.75) is 33.4 Å². The summed E-state index contributed by atoms with van der Waals surface area (Å²) < 4.78 is 5.57. The third kappa shape index (κ3) is 4.60. The topological polar surface area (TPSA) is 71.2 Å². The number of halogens is 1. The van der Waals surface area contributed by atoms with E-state index in [1.54, 1.807) is 25.1 Å². The molecule has 0 saturated carbocycles. The lowest BCUT2D eigenvalue weighted by Gasteiger charge is -2.13. The molecule has 0 spiro atoms. The molecular weight excluding hydrogens is 316 g/mol. The van der Waals surface area contributed by atoms with Gasteiger partial charge in [-0.25, -0.2) is 0 Å². The van der Waals surface area contributed by atoms with Gasteiger partial charge in [-0.15, -0.1) is 0 Å². The molecule has 1 aromatic heterocycles. The van der Waals surface area contributed by atoms with Gasteiger partial charge in [0.1, 0.15) is 5.75 Å². The normalized spacial score (nSPS) is 10.7. The van der Waals surface area contributed by atoms with E-state index in [0.29, 0.717) is 11.3 Å². The minimum atomic E-state index is -0.317. The van der Waals surface area contributed by atoms with Crippen molar-refractivity contribution >= 4 is 17.5 Å². The number of hydrogen-bond donors (Lipinski definition) is 2. The molecule has 0 atom stereocenters. The first-order chi connectivity index (χ1) is 10.9. The number of aromatic amines is 1. The quantitative estimate of drug-likeness (QED) is 0.882. The Balaban J connectivity index is 2.13. The lowest BCUT2D eigenvalue weighted by molar-refractivity contribution is 0.0950. The van der Waals surface area contributed by atoms with Crippen molar-refractivity contribution in [3.8, 4) is 5.75 Å². The number of rotatable bonds is 5. The van der Waals surface area contributed by atoms with Gasteiger partial charge in [0.25, 0.3) is 5.91 Å². The number of nitrogens with one attached hydrogen (secondary N) is 2. The monoisotopic (exact) mass is 334 g/mol. The first-order valence-corrected chi connectivity index (χ1v) is 7.68. The third-order valence-corrected chi connectivity index (χ3v) is 3.45. The van der Waals surface area contributed by atoms with Gasteiger partial charge >= 0.3 is 0 Å². The zero-order valence-corrected chi connectivity index (χ0v) is 14.0. The fourth-order valence-electron chi connectivity index (χ4n) is 2.17. The highest BCUT2D eigenvalue weighted by atomic mass is 35.5. The average molecular weight is 335 g/mol. The summed E-state index contributed by atoms with van der Waals surface area (Å²) in [5.74, 6) is 0.156. The Morgan fingerprint density at radius 2 is 2.09 bits per heavy atom. The molecule has 0 radical (unpaired) electrons. The second-order valence-electron chi connectivity index (χ2n) is 5.50. The van der Waals surface area contributed by atoms with Gasteiger partial charge in [0.05, 0.1) is 16.7 Å². The number of aromatic nitrogens is 1. The van der Waals surface area contributed by atoms with Gasteiger partial charge in [0, 0.05) is 18.3 Å². The summed E-state index contributed by atoms with van der Waals surface area (Å²) in [5.41, 5.74) is 1.61. The molecule has 0 bridgehead atoms. The molecule has 0 aliphatic rings. The molecule has 0 unspecified atom stereocenters. The van der Waals surface area contributed by atoms with Crippen molar-refractivity contribution in [3.63, 3.8) is 0 Å². The van der Waals surface area contributed by atoms with E-state index in [1.165, 1.54) is 6.07 Å². The predicted molar refractivity (Wildman–Crippen MR) is 90.2 cm³/mol. The van der Waals surface area contributed by atoms with Crippen LogP contribution in [0.15, 0.2) is 35.1 Å². The van der Waals surface area contributed by atoms with Crippen LogP contribution in [0.2, 0.25) is 5.02 Å². The highest BCUT2D eigenvalue weighted by Crippen LogP contribution is 2.28. The summed E-state index contributed by atoms with van der Waals surface area (Å²) in [5, 5.41) is 3.04. The number of hydrogen-bond acceptors (Lipinski definition) is 3. The van der Waals surface area contributed by atoms with E-state index in [9.17, 15) is 9.59 Å². The Hall–Kier alpha value is -2.27. The van der Waals surface area contributed by atoms with Crippen LogP contribution < -0.4 is 15.6 Å². The molecule has 0 saturated heterocycles. The standard InChI is InChI=1S/C17H19ClN2O3/c1-10(2)23-14-6-4-5-13(16(14)18)17(22)19-9-12-7-11(3)20-15(21)8-12/h4-8,10H,9H2,1-3H3,(H,19,22)(H,20,21). The summed E-state index contributed by atoms with van der Waals surface area (Å²) in [6.07, 6.45) is -0.0372. The van der Waals surface area contributed by atoms with Crippen molar-refractivity contribution in [2.24, 2.45) is 0 Å². The molecule has 122 valence electrons. The maximum atomic E-state index is 12.3. The van der Waals surface area contributed by atoms with Crippen molar-refractivity contribution in [1.29, 1.82) is 0 Å². The molecule has 23 heavy (non-hydrogen) atoms. The van der Waals surface area contributed by atoms with Crippen LogP contribution >= 0.6 is 11.6 Å². The Kier molecular flexibility index (Phi) is 5.45. The number of amides is 1. The summed E-state index contributed by atoms with van der Waals surface area (Å²) >= 11 is 6.24. The van der Waals surface area contributed by atoms with Crippen LogP contribution in [0.1, 0.15) is 35.5 Å². The second kappa shape index (κ2) is 7.33. The van der Waals surface area contributed by atoms with Crippen LogP contribution in [0, 0.1) is 6.92 Å². The van der Waals surface area contributed by atoms with Gasteiger partial charge in [0.15, 0.2) is 0 Å². The third-order valence-electron chi connectivity index (χ3n) is 3.06. The maximum absolute atomic E-state index is 12.3.